The molecule has 132 valence electrons. The Bertz CT molecular complexity index is 587. The highest BCUT2D eigenvalue weighted by Crippen LogP contribution is 2.21. The number of aromatic nitrogens is 1. The predicted molar refractivity (Wildman–Crippen MR) is 88.8 cm³/mol. The van der Waals surface area contributed by atoms with Crippen LogP contribution in [0, 0.1) is 6.92 Å². The number of piperazine rings is 1. The summed E-state index contributed by atoms with van der Waals surface area (Å²) in [7, 11) is 0. The molecule has 1 aromatic rings. The van der Waals surface area contributed by atoms with Crippen molar-refractivity contribution >= 4 is 23.4 Å². The van der Waals surface area contributed by atoms with Gasteiger partial charge < -0.3 is 14.7 Å². The van der Waals surface area contributed by atoms with E-state index in [1.165, 1.54) is 0 Å². The molecule has 0 aromatic carbocycles. The highest BCUT2D eigenvalue weighted by atomic mass is 35.5. The molecule has 3 rings (SSSR count). The van der Waals surface area contributed by atoms with Crippen molar-refractivity contribution < 1.29 is 14.1 Å². The van der Waals surface area contributed by atoms with Crippen LogP contribution in [0.25, 0.3) is 0 Å². The van der Waals surface area contributed by atoms with E-state index in [0.717, 1.165) is 37.2 Å². The Morgan fingerprint density at radius 2 is 2.00 bits per heavy atom. The van der Waals surface area contributed by atoms with Gasteiger partial charge in [0.15, 0.2) is 0 Å². The molecule has 1 aromatic heterocycles. The van der Waals surface area contributed by atoms with E-state index in [2.05, 4.69) is 15.4 Å². The fraction of sp³-hybridized carbons (Fsp3) is 0.688. The summed E-state index contributed by atoms with van der Waals surface area (Å²) in [6, 6.07) is 0.396. The summed E-state index contributed by atoms with van der Waals surface area (Å²) in [6.07, 6.45) is 3.13. The molecule has 0 bridgehead atoms. The van der Waals surface area contributed by atoms with Gasteiger partial charge in [-0.25, -0.2) is 0 Å². The maximum atomic E-state index is 12.3. The Morgan fingerprint density at radius 1 is 1.29 bits per heavy atom. The minimum atomic E-state index is 0.0925. The standard InChI is InChI=1S/C16H23ClN4O3/c1-11-13(16(17)24-19-11)4-5-15(23)21-8-6-20(7-9-21)10-14(22)18-12-2-3-12/h12H,2-10H2,1H3,(H,18,22). The number of aryl methyl sites for hydroxylation is 1. The lowest BCUT2D eigenvalue weighted by atomic mass is 10.1. The minimum absolute atomic E-state index is 0.0925. The lowest BCUT2D eigenvalue weighted by Gasteiger charge is -2.34. The first-order valence-corrected chi connectivity index (χ1v) is 8.81. The molecule has 1 aliphatic carbocycles. The zero-order valence-corrected chi connectivity index (χ0v) is 14.6. The third kappa shape index (κ3) is 4.48. The summed E-state index contributed by atoms with van der Waals surface area (Å²) in [5.74, 6) is 0.198. The minimum Gasteiger partial charge on any atom is -0.352 e. The van der Waals surface area contributed by atoms with Crippen molar-refractivity contribution in [3.63, 3.8) is 0 Å². The maximum absolute atomic E-state index is 12.3. The summed E-state index contributed by atoms with van der Waals surface area (Å²) in [4.78, 5) is 28.1. The molecule has 2 fully saturated rings. The van der Waals surface area contributed by atoms with Crippen molar-refractivity contribution in [3.8, 4) is 0 Å². The Balaban J connectivity index is 1.39. The van der Waals surface area contributed by atoms with E-state index in [-0.39, 0.29) is 17.0 Å². The average molecular weight is 355 g/mol. The Labute approximate surface area is 146 Å². The number of hydrogen-bond acceptors (Lipinski definition) is 5. The van der Waals surface area contributed by atoms with Gasteiger partial charge in [-0.15, -0.1) is 0 Å². The number of hydrogen-bond donors (Lipinski definition) is 1. The van der Waals surface area contributed by atoms with E-state index < -0.39 is 0 Å². The summed E-state index contributed by atoms with van der Waals surface area (Å²) in [6.45, 7) is 5.03. The van der Waals surface area contributed by atoms with Gasteiger partial charge in [-0.05, 0) is 37.8 Å². The van der Waals surface area contributed by atoms with E-state index >= 15 is 0 Å². The van der Waals surface area contributed by atoms with Gasteiger partial charge in [0.25, 0.3) is 0 Å². The van der Waals surface area contributed by atoms with E-state index in [9.17, 15) is 9.59 Å². The molecule has 1 saturated heterocycles. The number of nitrogens with one attached hydrogen (secondary N) is 1. The largest absolute Gasteiger partial charge is 0.352 e. The number of carbonyl (C=O) groups excluding carboxylic acids is 2. The van der Waals surface area contributed by atoms with Crippen molar-refractivity contribution in [3.05, 3.63) is 16.5 Å². The summed E-state index contributed by atoms with van der Waals surface area (Å²) < 4.78 is 4.90. The Hall–Kier alpha value is -1.60. The highest BCUT2D eigenvalue weighted by molar-refractivity contribution is 6.29. The van der Waals surface area contributed by atoms with Crippen molar-refractivity contribution in [1.29, 1.82) is 0 Å². The predicted octanol–water partition coefficient (Wildman–Crippen LogP) is 0.992. The summed E-state index contributed by atoms with van der Waals surface area (Å²) in [5.41, 5.74) is 1.54. The number of amides is 2. The van der Waals surface area contributed by atoms with Gasteiger partial charge in [-0.2, -0.15) is 0 Å². The molecular formula is C16H23ClN4O3. The second-order valence-corrected chi connectivity index (χ2v) is 6.86. The lowest BCUT2D eigenvalue weighted by molar-refractivity contribution is -0.133. The van der Waals surface area contributed by atoms with E-state index in [1.807, 2.05) is 11.8 Å². The number of halogens is 1. The van der Waals surface area contributed by atoms with Crippen LogP contribution in [0.2, 0.25) is 5.22 Å². The molecular weight excluding hydrogens is 332 g/mol. The third-order valence-electron chi connectivity index (χ3n) is 4.56. The smallest absolute Gasteiger partial charge is 0.234 e. The molecule has 1 N–H and O–H groups in total. The molecule has 1 aliphatic heterocycles. The monoisotopic (exact) mass is 354 g/mol. The van der Waals surface area contributed by atoms with Crippen LogP contribution in [0.5, 0.6) is 0 Å². The fourth-order valence-electron chi connectivity index (χ4n) is 2.89. The molecule has 7 nitrogen and oxygen atoms in total. The molecule has 0 radical (unpaired) electrons. The molecule has 0 atom stereocenters. The maximum Gasteiger partial charge on any atom is 0.234 e. The van der Waals surface area contributed by atoms with Gasteiger partial charge in [0.05, 0.1) is 12.2 Å². The highest BCUT2D eigenvalue weighted by Gasteiger charge is 2.26. The summed E-state index contributed by atoms with van der Waals surface area (Å²) in [5, 5.41) is 7.06. The second-order valence-electron chi connectivity index (χ2n) is 6.52. The fourth-order valence-corrected chi connectivity index (χ4v) is 3.16. The number of carbonyl (C=O) groups is 2. The van der Waals surface area contributed by atoms with E-state index in [1.54, 1.807) is 0 Å². The topological polar surface area (TPSA) is 78.7 Å². The zero-order chi connectivity index (χ0) is 17.1. The molecule has 1 saturated carbocycles. The van der Waals surface area contributed by atoms with Crippen molar-refractivity contribution in [2.24, 2.45) is 0 Å². The normalized spacial score (nSPS) is 18.7. The molecule has 0 unspecified atom stereocenters. The van der Waals surface area contributed by atoms with Crippen LogP contribution < -0.4 is 5.32 Å². The average Bonchev–Trinajstić information content (AvgIpc) is 3.31. The van der Waals surface area contributed by atoms with Gasteiger partial charge in [0.1, 0.15) is 0 Å². The van der Waals surface area contributed by atoms with Crippen LogP contribution in [-0.2, 0) is 16.0 Å². The molecule has 2 aliphatic rings. The molecule has 2 heterocycles. The van der Waals surface area contributed by atoms with Crippen LogP contribution >= 0.6 is 11.6 Å². The van der Waals surface area contributed by atoms with Crippen LogP contribution in [0.4, 0.5) is 0 Å². The SMILES string of the molecule is Cc1noc(Cl)c1CCC(=O)N1CCN(CC(=O)NC2CC2)CC1. The van der Waals surface area contributed by atoms with E-state index in [0.29, 0.717) is 38.5 Å². The molecule has 24 heavy (non-hydrogen) atoms. The number of nitrogens with zero attached hydrogens (tertiary/aromatic N) is 3. The van der Waals surface area contributed by atoms with Crippen LogP contribution in [0.15, 0.2) is 4.52 Å². The molecule has 8 heteroatoms. The second kappa shape index (κ2) is 7.53. The van der Waals surface area contributed by atoms with E-state index in [4.69, 9.17) is 16.1 Å². The Kier molecular flexibility index (Phi) is 5.40. The van der Waals surface area contributed by atoms with Crippen molar-refractivity contribution in [1.82, 2.24) is 20.3 Å². The third-order valence-corrected chi connectivity index (χ3v) is 4.86. The zero-order valence-electron chi connectivity index (χ0n) is 13.9. The van der Waals surface area contributed by atoms with Gasteiger partial charge in [-0.3, -0.25) is 14.5 Å². The van der Waals surface area contributed by atoms with Gasteiger partial charge in [-0.1, -0.05) is 5.16 Å². The van der Waals surface area contributed by atoms with Gasteiger partial charge in [0.2, 0.25) is 17.0 Å². The summed E-state index contributed by atoms with van der Waals surface area (Å²) >= 11 is 5.92. The first kappa shape index (κ1) is 17.2. The van der Waals surface area contributed by atoms with Crippen LogP contribution in [0.3, 0.4) is 0 Å². The molecule has 0 spiro atoms. The number of rotatable bonds is 6. The first-order valence-electron chi connectivity index (χ1n) is 8.43. The van der Waals surface area contributed by atoms with Crippen molar-refractivity contribution in [2.45, 2.75) is 38.6 Å². The Morgan fingerprint density at radius 3 is 2.58 bits per heavy atom. The molecule has 2 amide bonds. The quantitative estimate of drug-likeness (QED) is 0.824. The first-order chi connectivity index (χ1) is 11.5. The van der Waals surface area contributed by atoms with Crippen LogP contribution in [-0.4, -0.2) is 65.5 Å². The van der Waals surface area contributed by atoms with Crippen molar-refractivity contribution in [2.75, 3.05) is 32.7 Å². The van der Waals surface area contributed by atoms with Gasteiger partial charge in [0, 0.05) is 44.2 Å². The van der Waals surface area contributed by atoms with Crippen LogP contribution in [0.1, 0.15) is 30.5 Å². The lowest BCUT2D eigenvalue weighted by Crippen LogP contribution is -2.51. The van der Waals surface area contributed by atoms with Gasteiger partial charge >= 0.3 is 0 Å².